The van der Waals surface area contributed by atoms with E-state index in [1.807, 2.05) is 11.4 Å². The van der Waals surface area contributed by atoms with E-state index in [2.05, 4.69) is 0 Å². The fourth-order valence-corrected chi connectivity index (χ4v) is 3.85. The lowest BCUT2D eigenvalue weighted by molar-refractivity contribution is 0.0953. The van der Waals surface area contributed by atoms with Crippen LogP contribution in [0.3, 0.4) is 0 Å². The molecular formula is C12H14O2S. The molecule has 1 aromatic rings. The highest BCUT2D eigenvalue weighted by molar-refractivity contribution is 7.12. The van der Waals surface area contributed by atoms with E-state index in [0.29, 0.717) is 23.5 Å². The van der Waals surface area contributed by atoms with Gasteiger partial charge >= 0.3 is 0 Å². The first-order chi connectivity index (χ1) is 7.33. The Bertz CT molecular complexity index is 386. The molecule has 0 bridgehead atoms. The third-order valence-electron chi connectivity index (χ3n) is 3.78. The summed E-state index contributed by atoms with van der Waals surface area (Å²) in [6.07, 6.45) is 3.84. The van der Waals surface area contributed by atoms with Crippen molar-refractivity contribution in [3.63, 3.8) is 0 Å². The lowest BCUT2D eigenvalue weighted by atomic mass is 10.1. The van der Waals surface area contributed by atoms with Crippen LogP contribution >= 0.6 is 11.3 Å². The maximum atomic E-state index is 12.2. The molecule has 2 aliphatic rings. The van der Waals surface area contributed by atoms with E-state index >= 15 is 0 Å². The molecule has 0 radical (unpaired) electrons. The van der Waals surface area contributed by atoms with Crippen LogP contribution in [0.25, 0.3) is 0 Å². The summed E-state index contributed by atoms with van der Waals surface area (Å²) < 4.78 is 5.20. The van der Waals surface area contributed by atoms with Gasteiger partial charge in [-0.3, -0.25) is 4.79 Å². The molecule has 0 N–H and O–H groups in total. The van der Waals surface area contributed by atoms with Gasteiger partial charge in [-0.15, -0.1) is 11.3 Å². The van der Waals surface area contributed by atoms with E-state index in [-0.39, 0.29) is 0 Å². The first-order valence-corrected chi connectivity index (χ1v) is 6.36. The number of carbonyl (C=O) groups is 1. The standard InChI is InChI=1S/C12H14O2S/c1-14-9-5-6-15-12(9)11(13)10-7-3-2-4-8(7)10/h5-8,10H,2-4H2,1H3. The van der Waals surface area contributed by atoms with Crippen LogP contribution in [-0.4, -0.2) is 12.9 Å². The zero-order valence-corrected chi connectivity index (χ0v) is 9.55. The number of hydrogen-bond donors (Lipinski definition) is 0. The summed E-state index contributed by atoms with van der Waals surface area (Å²) in [5.41, 5.74) is 0. The van der Waals surface area contributed by atoms with Gasteiger partial charge in [0.25, 0.3) is 0 Å². The maximum Gasteiger partial charge on any atom is 0.180 e. The highest BCUT2D eigenvalue weighted by atomic mass is 32.1. The highest BCUT2D eigenvalue weighted by Gasteiger charge is 2.56. The molecule has 0 aliphatic heterocycles. The molecule has 2 aliphatic carbocycles. The van der Waals surface area contributed by atoms with Crippen molar-refractivity contribution in [2.24, 2.45) is 17.8 Å². The van der Waals surface area contributed by atoms with E-state index in [0.717, 1.165) is 10.6 Å². The summed E-state index contributed by atoms with van der Waals surface area (Å²) in [5.74, 6) is 2.81. The summed E-state index contributed by atoms with van der Waals surface area (Å²) in [7, 11) is 1.63. The highest BCUT2D eigenvalue weighted by Crippen LogP contribution is 2.59. The van der Waals surface area contributed by atoms with Crippen molar-refractivity contribution in [2.75, 3.05) is 7.11 Å². The van der Waals surface area contributed by atoms with E-state index in [4.69, 9.17) is 4.74 Å². The Hall–Kier alpha value is -0.830. The molecular weight excluding hydrogens is 208 g/mol. The summed E-state index contributed by atoms with van der Waals surface area (Å²) in [5, 5.41) is 1.93. The molecule has 0 spiro atoms. The minimum atomic E-state index is 0.325. The number of hydrogen-bond acceptors (Lipinski definition) is 3. The second-order valence-electron chi connectivity index (χ2n) is 4.47. The predicted molar refractivity (Wildman–Crippen MR) is 59.5 cm³/mol. The molecule has 1 heterocycles. The van der Waals surface area contributed by atoms with Crippen molar-refractivity contribution in [3.8, 4) is 5.75 Å². The summed E-state index contributed by atoms with van der Waals surface area (Å²) in [4.78, 5) is 13.0. The number of fused-ring (bicyclic) bond motifs is 1. The Morgan fingerprint density at radius 2 is 2.20 bits per heavy atom. The van der Waals surface area contributed by atoms with E-state index in [1.165, 1.54) is 30.6 Å². The van der Waals surface area contributed by atoms with Crippen molar-refractivity contribution in [1.82, 2.24) is 0 Å². The van der Waals surface area contributed by atoms with Crippen molar-refractivity contribution < 1.29 is 9.53 Å². The molecule has 2 unspecified atom stereocenters. The monoisotopic (exact) mass is 222 g/mol. The van der Waals surface area contributed by atoms with Crippen molar-refractivity contribution in [2.45, 2.75) is 19.3 Å². The number of thiophene rings is 1. The molecule has 2 fully saturated rings. The lowest BCUT2D eigenvalue weighted by Gasteiger charge is -2.03. The van der Waals surface area contributed by atoms with Gasteiger partial charge in [0.05, 0.1) is 7.11 Å². The van der Waals surface area contributed by atoms with Crippen LogP contribution in [-0.2, 0) is 0 Å². The predicted octanol–water partition coefficient (Wildman–Crippen LogP) is 2.99. The first-order valence-electron chi connectivity index (χ1n) is 5.48. The molecule has 0 saturated heterocycles. The van der Waals surface area contributed by atoms with Crippen molar-refractivity contribution in [1.29, 1.82) is 0 Å². The summed E-state index contributed by atoms with van der Waals surface area (Å²) in [6, 6.07) is 1.88. The van der Waals surface area contributed by atoms with Crippen LogP contribution in [0, 0.1) is 17.8 Å². The second-order valence-corrected chi connectivity index (χ2v) is 5.38. The topological polar surface area (TPSA) is 26.3 Å². The summed E-state index contributed by atoms with van der Waals surface area (Å²) >= 11 is 1.51. The number of rotatable bonds is 3. The van der Waals surface area contributed by atoms with Gasteiger partial charge in [-0.2, -0.15) is 0 Å². The second kappa shape index (κ2) is 3.34. The number of carbonyl (C=O) groups excluding carboxylic acids is 1. The van der Waals surface area contributed by atoms with Gasteiger partial charge in [0.1, 0.15) is 10.6 Å². The third kappa shape index (κ3) is 1.33. The van der Waals surface area contributed by atoms with Crippen LogP contribution in [0.15, 0.2) is 11.4 Å². The molecule has 2 nitrogen and oxygen atoms in total. The van der Waals surface area contributed by atoms with Gasteiger partial charge in [-0.05, 0) is 36.1 Å². The van der Waals surface area contributed by atoms with E-state index in [9.17, 15) is 4.79 Å². The van der Waals surface area contributed by atoms with Gasteiger partial charge < -0.3 is 4.74 Å². The fourth-order valence-electron chi connectivity index (χ4n) is 3.00. The van der Waals surface area contributed by atoms with Crippen LogP contribution in [0.1, 0.15) is 28.9 Å². The van der Waals surface area contributed by atoms with Crippen molar-refractivity contribution >= 4 is 17.1 Å². The lowest BCUT2D eigenvalue weighted by Crippen LogP contribution is -2.05. The average molecular weight is 222 g/mol. The molecule has 1 aromatic heterocycles. The van der Waals surface area contributed by atoms with Gasteiger partial charge in [0.15, 0.2) is 5.78 Å². The van der Waals surface area contributed by atoms with Gasteiger partial charge in [0, 0.05) is 5.92 Å². The fraction of sp³-hybridized carbons (Fsp3) is 0.583. The number of ketones is 1. The normalized spacial score (nSPS) is 32.5. The third-order valence-corrected chi connectivity index (χ3v) is 4.69. The molecule has 15 heavy (non-hydrogen) atoms. The molecule has 0 aromatic carbocycles. The van der Waals surface area contributed by atoms with Crippen LogP contribution in [0.2, 0.25) is 0 Å². The number of Topliss-reactive ketones (excluding diaryl/α,β-unsaturated/α-hetero) is 1. The van der Waals surface area contributed by atoms with Crippen LogP contribution < -0.4 is 4.74 Å². The van der Waals surface area contributed by atoms with Crippen molar-refractivity contribution in [3.05, 3.63) is 16.3 Å². The smallest absolute Gasteiger partial charge is 0.180 e. The van der Waals surface area contributed by atoms with Gasteiger partial charge in [-0.25, -0.2) is 0 Å². The minimum Gasteiger partial charge on any atom is -0.495 e. The molecule has 2 saturated carbocycles. The van der Waals surface area contributed by atoms with E-state index < -0.39 is 0 Å². The Labute approximate surface area is 93.3 Å². The summed E-state index contributed by atoms with van der Waals surface area (Å²) in [6.45, 7) is 0. The average Bonchev–Trinajstić information content (AvgIpc) is 2.72. The molecule has 2 atom stereocenters. The zero-order valence-electron chi connectivity index (χ0n) is 8.73. The Morgan fingerprint density at radius 3 is 2.87 bits per heavy atom. The Kier molecular flexibility index (Phi) is 2.09. The van der Waals surface area contributed by atoms with E-state index in [1.54, 1.807) is 7.11 Å². The van der Waals surface area contributed by atoms with Gasteiger partial charge in [0.2, 0.25) is 0 Å². The Balaban J connectivity index is 1.81. The quantitative estimate of drug-likeness (QED) is 0.735. The minimum absolute atomic E-state index is 0.325. The molecule has 80 valence electrons. The SMILES string of the molecule is COc1ccsc1C(=O)C1C2CCCC21. The van der Waals surface area contributed by atoms with Crippen LogP contribution in [0.4, 0.5) is 0 Å². The van der Waals surface area contributed by atoms with Crippen LogP contribution in [0.5, 0.6) is 5.75 Å². The maximum absolute atomic E-state index is 12.2. The first kappa shape index (κ1) is 9.40. The largest absolute Gasteiger partial charge is 0.495 e. The Morgan fingerprint density at radius 1 is 1.47 bits per heavy atom. The number of ether oxygens (including phenoxy) is 1. The van der Waals surface area contributed by atoms with Gasteiger partial charge in [-0.1, -0.05) is 6.42 Å². The molecule has 0 amide bonds. The zero-order chi connectivity index (χ0) is 10.4. The number of methoxy groups -OCH3 is 1. The molecule has 3 rings (SSSR count). The molecule has 3 heteroatoms.